The molecule has 26 heavy (non-hydrogen) atoms. The van der Waals surface area contributed by atoms with Crippen molar-refractivity contribution in [2.24, 2.45) is 0 Å². The van der Waals surface area contributed by atoms with Gasteiger partial charge in [0, 0.05) is 25.7 Å². The molecule has 5 atom stereocenters. The molecule has 144 valence electrons. The average Bonchev–Trinajstić information content (AvgIpc) is 3.29. The van der Waals surface area contributed by atoms with E-state index in [9.17, 15) is 10.4 Å². The molecule has 0 bridgehead atoms. The van der Waals surface area contributed by atoms with Crippen LogP contribution < -0.4 is 0 Å². The predicted octanol–water partition coefficient (Wildman–Crippen LogP) is 2.12. The SMILES string of the molecule is N#C[C@@]1(O)[C@@H]2OC3(CCCCC3)O[C@@H]2O[C@H]1[C@@H]1COC2(CCCCC2)O1. The summed E-state index contributed by atoms with van der Waals surface area (Å²) in [6.07, 6.45) is 6.95. The first-order valence-corrected chi connectivity index (χ1v) is 10.0. The first-order valence-electron chi connectivity index (χ1n) is 10.0. The van der Waals surface area contributed by atoms with Crippen LogP contribution >= 0.6 is 0 Å². The van der Waals surface area contributed by atoms with Crippen molar-refractivity contribution in [1.82, 2.24) is 0 Å². The normalized spacial score (nSPS) is 46.5. The number of aliphatic hydroxyl groups is 1. The van der Waals surface area contributed by atoms with E-state index in [1.54, 1.807) is 0 Å². The van der Waals surface area contributed by atoms with Crippen molar-refractivity contribution >= 4 is 0 Å². The second-order valence-electron chi connectivity index (χ2n) is 8.43. The standard InChI is InChI=1S/C19H27NO6/c20-12-19(21)14(13-11-22-17(24-13)7-3-1-4-8-17)23-16-15(19)25-18(26-16)9-5-2-6-10-18/h13-16,21H,1-11H2/t13-,14-,15+,16-,19-/m0/s1. The van der Waals surface area contributed by atoms with Gasteiger partial charge in [0.25, 0.3) is 0 Å². The van der Waals surface area contributed by atoms with Crippen molar-refractivity contribution in [3.8, 4) is 6.07 Å². The monoisotopic (exact) mass is 365 g/mol. The maximum Gasteiger partial charge on any atom is 0.211 e. The van der Waals surface area contributed by atoms with Gasteiger partial charge in [0.2, 0.25) is 5.60 Å². The van der Waals surface area contributed by atoms with Crippen molar-refractivity contribution in [3.63, 3.8) is 0 Å². The van der Waals surface area contributed by atoms with Gasteiger partial charge in [-0.3, -0.25) is 0 Å². The lowest BCUT2D eigenvalue weighted by Crippen LogP contribution is -2.53. The molecule has 3 saturated heterocycles. The lowest BCUT2D eigenvalue weighted by molar-refractivity contribution is -0.266. The van der Waals surface area contributed by atoms with E-state index >= 15 is 0 Å². The number of nitriles is 1. The van der Waals surface area contributed by atoms with E-state index in [4.69, 9.17) is 23.7 Å². The summed E-state index contributed by atoms with van der Waals surface area (Å²) in [6.45, 7) is 0.319. The van der Waals surface area contributed by atoms with Gasteiger partial charge < -0.3 is 28.8 Å². The molecule has 2 saturated carbocycles. The zero-order valence-corrected chi connectivity index (χ0v) is 15.0. The Labute approximate surface area is 153 Å². The number of nitrogens with zero attached hydrogens (tertiary/aromatic N) is 1. The summed E-state index contributed by atoms with van der Waals surface area (Å²) in [7, 11) is 0. The number of hydrogen-bond donors (Lipinski definition) is 1. The summed E-state index contributed by atoms with van der Waals surface area (Å²) < 4.78 is 30.4. The Balaban J connectivity index is 1.33. The molecule has 5 aliphatic rings. The van der Waals surface area contributed by atoms with Gasteiger partial charge in [-0.25, -0.2) is 0 Å². The number of ether oxygens (including phenoxy) is 5. The Kier molecular flexibility index (Phi) is 4.09. The van der Waals surface area contributed by atoms with Crippen LogP contribution in [0.1, 0.15) is 64.2 Å². The van der Waals surface area contributed by atoms with Gasteiger partial charge in [-0.15, -0.1) is 0 Å². The number of hydrogen-bond acceptors (Lipinski definition) is 7. The third-order valence-electron chi connectivity index (χ3n) is 6.69. The molecule has 0 aromatic carbocycles. The fraction of sp³-hybridized carbons (Fsp3) is 0.947. The average molecular weight is 365 g/mol. The molecule has 3 heterocycles. The molecule has 0 aromatic rings. The highest BCUT2D eigenvalue weighted by atomic mass is 16.8. The van der Waals surface area contributed by atoms with E-state index in [1.165, 1.54) is 6.42 Å². The molecule has 0 unspecified atom stereocenters. The first kappa shape index (κ1) is 17.4. The van der Waals surface area contributed by atoms with Gasteiger partial charge in [-0.2, -0.15) is 5.26 Å². The highest BCUT2D eigenvalue weighted by molar-refractivity contribution is 5.20. The van der Waals surface area contributed by atoms with Crippen molar-refractivity contribution in [3.05, 3.63) is 0 Å². The van der Waals surface area contributed by atoms with Crippen LogP contribution in [0.5, 0.6) is 0 Å². The smallest absolute Gasteiger partial charge is 0.211 e. The Morgan fingerprint density at radius 1 is 0.808 bits per heavy atom. The summed E-state index contributed by atoms with van der Waals surface area (Å²) in [5.41, 5.74) is -1.79. The molecule has 5 rings (SSSR count). The number of rotatable bonds is 1. The van der Waals surface area contributed by atoms with Gasteiger partial charge in [-0.1, -0.05) is 12.8 Å². The van der Waals surface area contributed by atoms with Crippen LogP contribution in [-0.2, 0) is 23.7 Å². The van der Waals surface area contributed by atoms with Crippen molar-refractivity contribution in [1.29, 1.82) is 5.26 Å². The van der Waals surface area contributed by atoms with Crippen LogP contribution in [0.25, 0.3) is 0 Å². The van der Waals surface area contributed by atoms with E-state index in [1.807, 2.05) is 6.07 Å². The number of fused-ring (bicyclic) bond motifs is 1. The molecule has 5 fully saturated rings. The van der Waals surface area contributed by atoms with Crippen molar-refractivity contribution in [2.75, 3.05) is 6.61 Å². The molecule has 2 spiro atoms. The van der Waals surface area contributed by atoms with Crippen LogP contribution in [0.4, 0.5) is 0 Å². The first-order chi connectivity index (χ1) is 12.6. The molecule has 7 heteroatoms. The van der Waals surface area contributed by atoms with Gasteiger partial charge in [0.1, 0.15) is 18.3 Å². The molecule has 0 aromatic heterocycles. The minimum atomic E-state index is -1.79. The van der Waals surface area contributed by atoms with E-state index < -0.39 is 41.8 Å². The molecular weight excluding hydrogens is 338 g/mol. The fourth-order valence-corrected chi connectivity index (χ4v) is 5.30. The molecule has 0 amide bonds. The summed E-state index contributed by atoms with van der Waals surface area (Å²) in [5.74, 6) is -1.28. The Morgan fingerprint density at radius 2 is 1.46 bits per heavy atom. The summed E-state index contributed by atoms with van der Waals surface area (Å²) in [5, 5.41) is 20.9. The van der Waals surface area contributed by atoms with Crippen molar-refractivity contribution in [2.45, 2.75) is 106 Å². The lowest BCUT2D eigenvalue weighted by Gasteiger charge is -2.36. The van der Waals surface area contributed by atoms with Crippen LogP contribution in [-0.4, -0.2) is 53.5 Å². The second kappa shape index (κ2) is 6.13. The largest absolute Gasteiger partial charge is 0.371 e. The zero-order valence-electron chi connectivity index (χ0n) is 15.0. The van der Waals surface area contributed by atoms with E-state index in [-0.39, 0.29) is 0 Å². The van der Waals surface area contributed by atoms with Gasteiger partial charge in [-0.05, 0) is 25.7 Å². The molecule has 3 aliphatic heterocycles. The van der Waals surface area contributed by atoms with Crippen LogP contribution in [0.3, 0.4) is 0 Å². The molecular formula is C19H27NO6. The third-order valence-corrected chi connectivity index (χ3v) is 6.69. The molecule has 0 radical (unpaired) electrons. The zero-order chi connectivity index (χ0) is 17.8. The fourth-order valence-electron chi connectivity index (χ4n) is 5.30. The van der Waals surface area contributed by atoms with Crippen molar-refractivity contribution < 1.29 is 28.8 Å². The Hall–Kier alpha value is -0.750. The molecule has 2 aliphatic carbocycles. The summed E-state index contributed by atoms with van der Waals surface area (Å²) in [4.78, 5) is 0. The van der Waals surface area contributed by atoms with Gasteiger partial charge in [0.05, 0.1) is 6.61 Å². The maximum atomic E-state index is 11.2. The quantitative estimate of drug-likeness (QED) is 0.712. The topological polar surface area (TPSA) is 90.2 Å². The maximum absolute atomic E-state index is 11.2. The van der Waals surface area contributed by atoms with Crippen LogP contribution in [0.15, 0.2) is 0 Å². The highest BCUT2D eigenvalue weighted by Crippen LogP contribution is 2.50. The van der Waals surface area contributed by atoms with Gasteiger partial charge in [0.15, 0.2) is 24.0 Å². The summed E-state index contributed by atoms with van der Waals surface area (Å²) in [6, 6.07) is 2.04. The minimum absolute atomic E-state index is 0.319. The second-order valence-corrected chi connectivity index (χ2v) is 8.43. The van der Waals surface area contributed by atoms with E-state index in [0.717, 1.165) is 57.8 Å². The van der Waals surface area contributed by atoms with E-state index in [2.05, 4.69) is 0 Å². The summed E-state index contributed by atoms with van der Waals surface area (Å²) >= 11 is 0. The molecule has 7 nitrogen and oxygen atoms in total. The highest BCUT2D eigenvalue weighted by Gasteiger charge is 2.68. The van der Waals surface area contributed by atoms with Crippen LogP contribution in [0, 0.1) is 11.3 Å². The molecule has 1 N–H and O–H groups in total. The van der Waals surface area contributed by atoms with E-state index in [0.29, 0.717) is 6.61 Å². The van der Waals surface area contributed by atoms with Gasteiger partial charge >= 0.3 is 0 Å². The Morgan fingerprint density at radius 3 is 2.12 bits per heavy atom. The minimum Gasteiger partial charge on any atom is -0.371 e. The lowest BCUT2D eigenvalue weighted by atomic mass is 9.90. The Bertz CT molecular complexity index is 593. The van der Waals surface area contributed by atoms with Crippen LogP contribution in [0.2, 0.25) is 0 Å². The predicted molar refractivity (Wildman–Crippen MR) is 87.6 cm³/mol. The third kappa shape index (κ3) is 2.55.